The second-order valence-electron chi connectivity index (χ2n) is 5.96. The van der Waals surface area contributed by atoms with Crippen LogP contribution in [0.25, 0.3) is 5.52 Å². The number of hydrogen-bond donors (Lipinski definition) is 2. The molecule has 0 unspecified atom stereocenters. The molecular weight excluding hydrogens is 306 g/mol. The van der Waals surface area contributed by atoms with Crippen molar-refractivity contribution in [3.63, 3.8) is 0 Å². The number of rotatable bonds is 4. The molecule has 0 bridgehead atoms. The van der Waals surface area contributed by atoms with Crippen molar-refractivity contribution in [3.05, 3.63) is 34.1 Å². The van der Waals surface area contributed by atoms with Gasteiger partial charge in [-0.05, 0) is 49.3 Å². The molecule has 1 amide bonds. The molecule has 2 aliphatic rings. The van der Waals surface area contributed by atoms with Crippen molar-refractivity contribution in [2.75, 3.05) is 0 Å². The summed E-state index contributed by atoms with van der Waals surface area (Å²) in [6.45, 7) is 0. The number of amides is 1. The Labute approximate surface area is 131 Å². The fraction of sp³-hybridized carbons (Fsp3) is 0.400. The van der Waals surface area contributed by atoms with Crippen molar-refractivity contribution in [3.8, 4) is 0 Å². The Hall–Kier alpha value is -2.08. The van der Waals surface area contributed by atoms with Gasteiger partial charge in [0.15, 0.2) is 5.69 Å². The standard InChI is InChI=1S/C15H14ClN3O3/c16-12-10-5-8(7-1-2-7)6-11(14(20)17-9-3-4-9)19(10)18-13(12)15(21)22/h5-7,9H,1-4H2,(H,17,20)(H,21,22). The van der Waals surface area contributed by atoms with E-state index < -0.39 is 5.97 Å². The van der Waals surface area contributed by atoms with Crippen molar-refractivity contribution < 1.29 is 14.7 Å². The zero-order valence-corrected chi connectivity index (χ0v) is 12.4. The van der Waals surface area contributed by atoms with Crippen LogP contribution in [0.4, 0.5) is 0 Å². The van der Waals surface area contributed by atoms with Crippen LogP contribution in [0.1, 0.15) is 58.1 Å². The number of aromatic carboxylic acids is 1. The summed E-state index contributed by atoms with van der Waals surface area (Å²) in [6.07, 6.45) is 4.13. The molecule has 2 saturated carbocycles. The normalized spacial score (nSPS) is 17.7. The number of carboxylic acids is 1. The van der Waals surface area contributed by atoms with Crippen LogP contribution in [0, 0.1) is 0 Å². The van der Waals surface area contributed by atoms with Gasteiger partial charge in [0.2, 0.25) is 0 Å². The van der Waals surface area contributed by atoms with E-state index in [9.17, 15) is 14.7 Å². The van der Waals surface area contributed by atoms with E-state index in [4.69, 9.17) is 11.6 Å². The molecule has 0 aromatic carbocycles. The van der Waals surface area contributed by atoms with Crippen LogP contribution in [-0.2, 0) is 0 Å². The van der Waals surface area contributed by atoms with E-state index in [1.165, 1.54) is 4.52 Å². The Morgan fingerprint density at radius 1 is 1.27 bits per heavy atom. The van der Waals surface area contributed by atoms with E-state index in [0.29, 0.717) is 17.1 Å². The van der Waals surface area contributed by atoms with Crippen molar-refractivity contribution in [2.45, 2.75) is 37.6 Å². The largest absolute Gasteiger partial charge is 0.476 e. The van der Waals surface area contributed by atoms with Crippen LogP contribution < -0.4 is 5.32 Å². The van der Waals surface area contributed by atoms with Crippen LogP contribution in [0.3, 0.4) is 0 Å². The molecule has 2 fully saturated rings. The van der Waals surface area contributed by atoms with E-state index in [-0.39, 0.29) is 22.7 Å². The highest BCUT2D eigenvalue weighted by atomic mass is 35.5. The van der Waals surface area contributed by atoms with Gasteiger partial charge < -0.3 is 10.4 Å². The van der Waals surface area contributed by atoms with E-state index in [0.717, 1.165) is 31.2 Å². The SMILES string of the molecule is O=C(O)c1nn2c(C(=O)NC3CC3)cc(C3CC3)cc2c1Cl. The predicted molar refractivity (Wildman–Crippen MR) is 79.6 cm³/mol. The van der Waals surface area contributed by atoms with Crippen molar-refractivity contribution in [1.82, 2.24) is 14.9 Å². The Morgan fingerprint density at radius 3 is 2.59 bits per heavy atom. The molecule has 2 aromatic rings. The fourth-order valence-corrected chi connectivity index (χ4v) is 2.83. The summed E-state index contributed by atoms with van der Waals surface area (Å²) >= 11 is 6.15. The summed E-state index contributed by atoms with van der Waals surface area (Å²) in [5, 5.41) is 16.2. The van der Waals surface area contributed by atoms with E-state index in [1.807, 2.05) is 6.07 Å². The Bertz CT molecular complexity index is 806. The van der Waals surface area contributed by atoms with Crippen LogP contribution in [-0.4, -0.2) is 32.6 Å². The minimum atomic E-state index is -1.20. The third-order valence-corrected chi connectivity index (χ3v) is 4.47. The molecule has 2 aliphatic carbocycles. The Kier molecular flexibility index (Phi) is 2.91. The van der Waals surface area contributed by atoms with Crippen molar-refractivity contribution in [2.24, 2.45) is 0 Å². The number of hydrogen-bond acceptors (Lipinski definition) is 3. The zero-order chi connectivity index (χ0) is 15.4. The third kappa shape index (κ3) is 2.23. The molecule has 0 aliphatic heterocycles. The van der Waals surface area contributed by atoms with Crippen LogP contribution in [0.5, 0.6) is 0 Å². The Morgan fingerprint density at radius 2 is 2.00 bits per heavy atom. The molecule has 6 nitrogen and oxygen atoms in total. The summed E-state index contributed by atoms with van der Waals surface area (Å²) in [6, 6.07) is 3.86. The number of pyridine rings is 1. The molecule has 2 aromatic heterocycles. The van der Waals surface area contributed by atoms with Crippen LogP contribution in [0.15, 0.2) is 12.1 Å². The highest BCUT2D eigenvalue weighted by Gasteiger charge is 2.30. The number of nitrogens with one attached hydrogen (secondary N) is 1. The lowest BCUT2D eigenvalue weighted by atomic mass is 10.1. The van der Waals surface area contributed by atoms with Gasteiger partial charge in [-0.25, -0.2) is 9.31 Å². The first-order valence-electron chi connectivity index (χ1n) is 7.31. The van der Waals surface area contributed by atoms with Gasteiger partial charge in [-0.2, -0.15) is 5.10 Å². The number of carbonyl (C=O) groups excluding carboxylic acids is 1. The predicted octanol–water partition coefficient (Wildman–Crippen LogP) is 2.46. The molecule has 0 atom stereocenters. The Balaban J connectivity index is 1.89. The zero-order valence-electron chi connectivity index (χ0n) is 11.7. The maximum Gasteiger partial charge on any atom is 0.358 e. The first-order chi connectivity index (χ1) is 10.5. The summed E-state index contributed by atoms with van der Waals surface area (Å²) in [5.41, 5.74) is 1.62. The van der Waals surface area contributed by atoms with Crippen LogP contribution >= 0.6 is 11.6 Å². The lowest BCUT2D eigenvalue weighted by Gasteiger charge is -2.08. The number of nitrogens with zero attached hydrogens (tertiary/aromatic N) is 2. The van der Waals surface area contributed by atoms with E-state index in [2.05, 4.69) is 10.4 Å². The lowest BCUT2D eigenvalue weighted by molar-refractivity contribution is 0.0689. The summed E-state index contributed by atoms with van der Waals surface area (Å²) < 4.78 is 1.34. The highest BCUT2D eigenvalue weighted by molar-refractivity contribution is 6.36. The average Bonchev–Trinajstić information content (AvgIpc) is 3.37. The van der Waals surface area contributed by atoms with Crippen molar-refractivity contribution in [1.29, 1.82) is 0 Å². The number of carboxylic acid groups (broad SMARTS) is 1. The summed E-state index contributed by atoms with van der Waals surface area (Å²) in [5.74, 6) is -1.00. The minimum Gasteiger partial charge on any atom is -0.476 e. The molecule has 0 saturated heterocycles. The number of fused-ring (bicyclic) bond motifs is 1. The average molecular weight is 320 g/mol. The molecule has 2 heterocycles. The maximum atomic E-state index is 12.4. The molecule has 0 spiro atoms. The molecular formula is C15H14ClN3O3. The first kappa shape index (κ1) is 13.6. The maximum absolute atomic E-state index is 12.4. The summed E-state index contributed by atoms with van der Waals surface area (Å²) in [7, 11) is 0. The number of carbonyl (C=O) groups is 2. The third-order valence-electron chi connectivity index (χ3n) is 4.09. The number of halogens is 1. The molecule has 22 heavy (non-hydrogen) atoms. The summed E-state index contributed by atoms with van der Waals surface area (Å²) in [4.78, 5) is 23.7. The molecule has 114 valence electrons. The van der Waals surface area contributed by atoms with Gasteiger partial charge in [0.05, 0.1) is 5.52 Å². The van der Waals surface area contributed by atoms with Gasteiger partial charge in [-0.3, -0.25) is 4.79 Å². The van der Waals surface area contributed by atoms with Gasteiger partial charge in [-0.15, -0.1) is 0 Å². The van der Waals surface area contributed by atoms with E-state index >= 15 is 0 Å². The molecule has 2 N–H and O–H groups in total. The van der Waals surface area contributed by atoms with Gasteiger partial charge in [0.25, 0.3) is 5.91 Å². The van der Waals surface area contributed by atoms with E-state index in [1.54, 1.807) is 6.07 Å². The van der Waals surface area contributed by atoms with Crippen LogP contribution in [0.2, 0.25) is 5.02 Å². The van der Waals surface area contributed by atoms with Crippen molar-refractivity contribution >= 4 is 29.0 Å². The van der Waals surface area contributed by atoms with Gasteiger partial charge in [0, 0.05) is 6.04 Å². The second-order valence-corrected chi connectivity index (χ2v) is 6.34. The van der Waals surface area contributed by atoms with Gasteiger partial charge in [0.1, 0.15) is 10.7 Å². The lowest BCUT2D eigenvalue weighted by Crippen LogP contribution is -2.27. The van der Waals surface area contributed by atoms with Gasteiger partial charge >= 0.3 is 5.97 Å². The minimum absolute atomic E-state index is 0.0791. The smallest absolute Gasteiger partial charge is 0.358 e. The molecule has 7 heteroatoms. The molecule has 4 rings (SSSR count). The molecule has 0 radical (unpaired) electrons. The first-order valence-corrected chi connectivity index (χ1v) is 7.68. The number of aromatic nitrogens is 2. The topological polar surface area (TPSA) is 83.7 Å². The monoisotopic (exact) mass is 319 g/mol. The van der Waals surface area contributed by atoms with Gasteiger partial charge in [-0.1, -0.05) is 11.6 Å². The quantitative estimate of drug-likeness (QED) is 0.906. The highest BCUT2D eigenvalue weighted by Crippen LogP contribution is 2.41. The second kappa shape index (κ2) is 4.71. The fourth-order valence-electron chi connectivity index (χ4n) is 2.58.